The maximum atomic E-state index is 15.7. The number of methoxy groups -OCH3 is 1. The summed E-state index contributed by atoms with van der Waals surface area (Å²) in [5, 5.41) is 3.78. The Morgan fingerprint density at radius 1 is 1.06 bits per heavy atom. The third-order valence-electron chi connectivity index (χ3n) is 11.5. The third kappa shape index (κ3) is 8.52. The number of carbonyl (C=O) groups is 1. The number of halogens is 2. The number of hydrogen-bond donors (Lipinski definition) is 1. The average molecular weight is 731 g/mol. The molecule has 50 heavy (non-hydrogen) atoms. The fourth-order valence-corrected chi connectivity index (χ4v) is 11.8. The van der Waals surface area contributed by atoms with Gasteiger partial charge in [0, 0.05) is 48.3 Å². The Bertz CT molecular complexity index is 1630. The van der Waals surface area contributed by atoms with E-state index in [9.17, 15) is 13.2 Å². The molecule has 2 atom stereocenters. The summed E-state index contributed by atoms with van der Waals surface area (Å²) >= 11 is 6.61. The van der Waals surface area contributed by atoms with Gasteiger partial charge in [-0.15, -0.1) is 0 Å². The zero-order valence-corrected chi connectivity index (χ0v) is 32.3. The first-order chi connectivity index (χ1) is 23.5. The van der Waals surface area contributed by atoms with Gasteiger partial charge in [0.1, 0.15) is 6.04 Å². The molecule has 0 spiro atoms. The van der Waals surface area contributed by atoms with E-state index < -0.39 is 21.9 Å². The smallest absolute Gasteiger partial charge is 0.238 e. The summed E-state index contributed by atoms with van der Waals surface area (Å²) in [5.41, 5.74) is 2.02. The normalized spacial score (nSPS) is 28.0. The van der Waals surface area contributed by atoms with Crippen LogP contribution in [0, 0.1) is 29.0 Å². The van der Waals surface area contributed by atoms with Crippen molar-refractivity contribution in [1.29, 1.82) is 0 Å². The monoisotopic (exact) mass is 730 g/mol. The fraction of sp³-hybridized carbons (Fsp3) is 0.667. The second-order valence-corrected chi connectivity index (χ2v) is 19.7. The molecule has 276 valence electrons. The van der Waals surface area contributed by atoms with Crippen molar-refractivity contribution < 1.29 is 22.3 Å². The fourth-order valence-electron chi connectivity index (χ4n) is 9.87. The van der Waals surface area contributed by atoms with E-state index in [1.807, 2.05) is 38.4 Å². The Morgan fingerprint density at radius 3 is 2.30 bits per heavy atom. The summed E-state index contributed by atoms with van der Waals surface area (Å²) in [7, 11) is 1.94. The molecule has 4 saturated carbocycles. The van der Waals surface area contributed by atoms with Gasteiger partial charge in [-0.25, -0.2) is 12.8 Å². The molecule has 1 saturated heterocycles. The molecule has 1 amide bonds. The molecular weight excluding hydrogens is 675 g/mol. The van der Waals surface area contributed by atoms with Crippen LogP contribution in [0.3, 0.4) is 0 Å². The first-order valence-corrected chi connectivity index (χ1v) is 20.3. The van der Waals surface area contributed by atoms with Gasteiger partial charge >= 0.3 is 0 Å². The summed E-state index contributed by atoms with van der Waals surface area (Å²) in [6.07, 6.45) is 8.08. The van der Waals surface area contributed by atoms with Crippen LogP contribution in [-0.4, -0.2) is 79.6 Å². The van der Waals surface area contributed by atoms with E-state index in [0.717, 1.165) is 43.4 Å². The van der Waals surface area contributed by atoms with E-state index in [-0.39, 0.29) is 47.5 Å². The first-order valence-electron chi connectivity index (χ1n) is 18.3. The lowest BCUT2D eigenvalue weighted by atomic mass is 9.53. The molecule has 0 unspecified atom stereocenters. The van der Waals surface area contributed by atoms with Crippen molar-refractivity contribution in [3.8, 4) is 5.75 Å². The molecule has 2 aromatic carbocycles. The number of nitrogens with one attached hydrogen (secondary N) is 1. The van der Waals surface area contributed by atoms with Gasteiger partial charge in [0.2, 0.25) is 15.9 Å². The molecule has 1 aliphatic heterocycles. The van der Waals surface area contributed by atoms with Gasteiger partial charge in [0.25, 0.3) is 0 Å². The quantitative estimate of drug-likeness (QED) is 0.243. The van der Waals surface area contributed by atoms with Crippen LogP contribution in [0.1, 0.15) is 88.8 Å². The second kappa shape index (κ2) is 14.6. The molecule has 8 nitrogen and oxygen atoms in total. The highest BCUT2D eigenvalue weighted by atomic mass is 35.5. The molecule has 7 rings (SSSR count). The number of hydrogen-bond acceptors (Lipinski definition) is 6. The molecule has 4 bridgehead atoms. The average Bonchev–Trinajstić information content (AvgIpc) is 3.30. The molecule has 5 fully saturated rings. The minimum atomic E-state index is -3.60. The van der Waals surface area contributed by atoms with Crippen LogP contribution in [0.25, 0.3) is 0 Å². The molecule has 0 radical (unpaired) electrons. The van der Waals surface area contributed by atoms with Crippen molar-refractivity contribution >= 4 is 27.5 Å². The zero-order chi connectivity index (χ0) is 36.0. The van der Waals surface area contributed by atoms with Crippen LogP contribution in [0.15, 0.2) is 36.4 Å². The van der Waals surface area contributed by atoms with E-state index >= 15 is 4.39 Å². The lowest BCUT2D eigenvalue weighted by molar-refractivity contribution is -0.130. The molecule has 2 aromatic rings. The van der Waals surface area contributed by atoms with Gasteiger partial charge in [-0.2, -0.15) is 4.31 Å². The zero-order valence-electron chi connectivity index (χ0n) is 30.7. The van der Waals surface area contributed by atoms with Crippen LogP contribution >= 0.6 is 11.6 Å². The lowest BCUT2D eigenvalue weighted by Crippen LogP contribution is -2.62. The number of carbonyl (C=O) groups excluding carboxylic acids is 1. The largest absolute Gasteiger partial charge is 0.494 e. The highest BCUT2D eigenvalue weighted by Crippen LogP contribution is 2.55. The van der Waals surface area contributed by atoms with Crippen LogP contribution < -0.4 is 10.1 Å². The number of nitrogens with zero attached hydrogens (tertiary/aromatic N) is 3. The van der Waals surface area contributed by atoms with E-state index in [0.29, 0.717) is 41.3 Å². The molecular formula is C39H56ClFN4O4S. The van der Waals surface area contributed by atoms with E-state index in [1.165, 1.54) is 30.7 Å². The summed E-state index contributed by atoms with van der Waals surface area (Å²) < 4.78 is 49.2. The van der Waals surface area contributed by atoms with Gasteiger partial charge in [0.15, 0.2) is 11.6 Å². The van der Waals surface area contributed by atoms with Gasteiger partial charge in [-0.1, -0.05) is 56.6 Å². The number of sulfonamides is 1. The third-order valence-corrected chi connectivity index (χ3v) is 13.7. The molecule has 11 heteroatoms. The van der Waals surface area contributed by atoms with E-state index in [2.05, 4.69) is 35.9 Å². The number of amides is 1. The minimum absolute atomic E-state index is 0.00731. The molecule has 4 aliphatic carbocycles. The van der Waals surface area contributed by atoms with Crippen molar-refractivity contribution in [2.45, 2.75) is 109 Å². The van der Waals surface area contributed by atoms with Crippen molar-refractivity contribution in [2.75, 3.05) is 33.5 Å². The summed E-state index contributed by atoms with van der Waals surface area (Å²) in [4.78, 5) is 18.3. The van der Waals surface area contributed by atoms with Crippen molar-refractivity contribution in [3.63, 3.8) is 0 Å². The number of ether oxygens (including phenoxy) is 1. The van der Waals surface area contributed by atoms with Crippen molar-refractivity contribution in [1.82, 2.24) is 19.4 Å². The molecule has 5 aliphatic rings. The number of rotatable bonds is 13. The predicted octanol–water partition coefficient (Wildman–Crippen LogP) is 6.85. The number of likely N-dealkylation sites (N-methyl/N-ethyl adjacent to an activating group) is 1. The number of benzene rings is 2. The SMILES string of the molecule is COc1ccc(Cl)c(CN(Cc2cccc(CN3[C@@H](C(=O)NC45CC6CC(CC(C6)C4)C5)CCS3(=O)=O)c2)[C@H](CN(C)C)CC(C)(C)C)c1F. The summed E-state index contributed by atoms with van der Waals surface area (Å²) in [5.74, 6) is 1.58. The topological polar surface area (TPSA) is 82.2 Å². The van der Waals surface area contributed by atoms with Crippen LogP contribution in [-0.2, 0) is 34.5 Å². The maximum absolute atomic E-state index is 15.7. The highest BCUT2D eigenvalue weighted by molar-refractivity contribution is 7.89. The standard InChI is InChI=1S/C39H56ClFN4O4S/c1-38(2,3)21-31(24-43(4)5)44(25-32-33(40)10-11-35(49-6)36(32)41)22-26-8-7-9-27(14-26)23-45-34(12-13-50(45,47)48)37(46)42-39-18-28-15-29(19-39)17-30(16-28)20-39/h7-11,14,28-31,34H,12-13,15-25H2,1-6H3,(H,42,46)/t28?,29?,30?,31-,34+,39?/m0/s1. The summed E-state index contributed by atoms with van der Waals surface area (Å²) in [6.45, 7) is 8.28. The Labute approximate surface area is 304 Å². The Kier molecular flexibility index (Phi) is 11.0. The van der Waals surface area contributed by atoms with E-state index in [1.54, 1.807) is 12.1 Å². The van der Waals surface area contributed by atoms with Crippen LogP contribution in [0.2, 0.25) is 5.02 Å². The van der Waals surface area contributed by atoms with Crippen molar-refractivity contribution in [2.24, 2.45) is 23.2 Å². The van der Waals surface area contributed by atoms with E-state index in [4.69, 9.17) is 16.3 Å². The Balaban J connectivity index is 1.23. The minimum Gasteiger partial charge on any atom is -0.494 e. The molecule has 1 N–H and O–H groups in total. The lowest BCUT2D eigenvalue weighted by Gasteiger charge is -2.57. The Morgan fingerprint density at radius 2 is 1.70 bits per heavy atom. The van der Waals surface area contributed by atoms with Crippen molar-refractivity contribution in [3.05, 3.63) is 63.9 Å². The first kappa shape index (κ1) is 37.5. The second-order valence-electron chi connectivity index (χ2n) is 17.3. The van der Waals surface area contributed by atoms with Gasteiger partial charge < -0.3 is 15.0 Å². The van der Waals surface area contributed by atoms with Gasteiger partial charge in [-0.05, 0) is 112 Å². The van der Waals surface area contributed by atoms with Crippen LogP contribution in [0.5, 0.6) is 5.75 Å². The molecule has 1 heterocycles. The van der Waals surface area contributed by atoms with Crippen LogP contribution in [0.4, 0.5) is 4.39 Å². The highest BCUT2D eigenvalue weighted by Gasteiger charge is 2.53. The predicted molar refractivity (Wildman–Crippen MR) is 197 cm³/mol. The Hall–Kier alpha value is -2.24. The van der Waals surface area contributed by atoms with Gasteiger partial charge in [0.05, 0.1) is 12.9 Å². The summed E-state index contributed by atoms with van der Waals surface area (Å²) in [6, 6.07) is 10.5. The van der Waals surface area contributed by atoms with Gasteiger partial charge in [-0.3, -0.25) is 9.69 Å². The maximum Gasteiger partial charge on any atom is 0.238 e. The molecule has 0 aromatic heterocycles.